The van der Waals surface area contributed by atoms with E-state index in [9.17, 15) is 0 Å². The van der Waals surface area contributed by atoms with Crippen molar-refractivity contribution in [2.75, 3.05) is 0 Å². The van der Waals surface area contributed by atoms with E-state index >= 15 is 0 Å². The topological polar surface area (TPSA) is 0 Å². The molecule has 0 saturated heterocycles. The molecule has 0 spiro atoms. The Kier molecular flexibility index (Phi) is 481. The summed E-state index contributed by atoms with van der Waals surface area (Å²) in [4.78, 5) is 0. The second-order valence-electron chi connectivity index (χ2n) is 0. The van der Waals surface area contributed by atoms with E-state index in [0.717, 1.165) is 0 Å². The van der Waals surface area contributed by atoms with Gasteiger partial charge in [-0.25, -0.2) is 0 Å². The first-order valence-electron chi connectivity index (χ1n) is 0. The first-order valence-corrected chi connectivity index (χ1v) is 0. The summed E-state index contributed by atoms with van der Waals surface area (Å²) in [6, 6.07) is 0. The Morgan fingerprint density at radius 3 is 0.444 bits per heavy atom. The molecule has 0 bridgehead atoms. The van der Waals surface area contributed by atoms with Gasteiger partial charge in [0.15, 0.2) is 0 Å². The van der Waals surface area contributed by atoms with Crippen LogP contribution in [0.2, 0.25) is 0 Å². The maximum atomic E-state index is 0. The van der Waals surface area contributed by atoms with Crippen molar-refractivity contribution in [1.82, 2.24) is 0 Å². The molecule has 0 aromatic heterocycles. The molecule has 0 saturated carbocycles. The summed E-state index contributed by atoms with van der Waals surface area (Å²) in [5, 5.41) is 0. The van der Waals surface area contributed by atoms with Gasteiger partial charge in [-0.05, 0) is 0 Å². The Morgan fingerprint density at radius 1 is 0.444 bits per heavy atom. The Bertz CT molecular complexity index is 15.8. The quantitative estimate of drug-likeness (QED) is 0.229. The molecule has 0 N–H and O–H groups in total. The minimum atomic E-state index is 0. The second-order valence-corrected chi connectivity index (χ2v) is 0. The number of halogens is 1. The van der Waals surface area contributed by atoms with Crippen LogP contribution in [0.1, 0.15) is 0 Å². The van der Waals surface area contributed by atoms with Gasteiger partial charge >= 0.3 is 164 Å². The third kappa shape index (κ3) is 51.4. The van der Waals surface area contributed by atoms with Gasteiger partial charge in [-0.1, -0.05) is 0 Å². The van der Waals surface area contributed by atoms with Crippen molar-refractivity contribution < 1.29 is 34.1 Å². The smallest absolute Gasteiger partial charge is 2.00 e. The van der Waals surface area contributed by atoms with Crippen LogP contribution in [0.3, 0.4) is 0 Å². The molecule has 0 aromatic carbocycles. The minimum absolute atomic E-state index is 0. The predicted molar refractivity (Wildman–Crippen MR) is 46.7 cm³/mol. The molecule has 0 heterocycles. The van der Waals surface area contributed by atoms with E-state index in [1.807, 2.05) is 0 Å². The predicted octanol–water partition coefficient (Wildman–Crippen LogP) is -4.15. The van der Waals surface area contributed by atoms with Crippen molar-refractivity contribution in [3.63, 3.8) is 0 Å². The van der Waals surface area contributed by atoms with Gasteiger partial charge < -0.3 is 71.0 Å². The summed E-state index contributed by atoms with van der Waals surface area (Å²) in [5.74, 6) is 0. The van der Waals surface area contributed by atoms with Crippen LogP contribution >= 0.6 is 0 Å². The van der Waals surface area contributed by atoms with Crippen LogP contribution in [0.5, 0.6) is 0 Å². The average molecular weight is 676 g/mol. The number of hydrogen-bond donors (Lipinski definition) is 0. The van der Waals surface area contributed by atoms with E-state index in [4.69, 9.17) is 0 Å². The fraction of sp³-hybridized carbons (Fsp3) is 0. The molecule has 45 valence electrons. The molecular weight excluding hydrogens is 676 g/mol. The van der Waals surface area contributed by atoms with Gasteiger partial charge in [-0.2, -0.15) is 0 Å². The fourth-order valence-electron chi connectivity index (χ4n) is 0. The second kappa shape index (κ2) is 59.5. The van der Waals surface area contributed by atoms with Crippen LogP contribution in [0.15, 0.2) is 0 Å². The van der Waals surface area contributed by atoms with Crippen molar-refractivity contribution in [3.05, 3.63) is 0 Å². The Balaban J connectivity index is 0. The van der Waals surface area contributed by atoms with Gasteiger partial charge in [-0.3, -0.25) is 0 Å². The van der Waals surface area contributed by atoms with Crippen LogP contribution in [0.4, 0.5) is 0 Å². The van der Waals surface area contributed by atoms with Gasteiger partial charge in [-0.15, -0.1) is 0 Å². The Labute approximate surface area is 227 Å². The molecule has 0 aromatic rings. The monoisotopic (exact) mass is 676 g/mol. The first-order chi connectivity index (χ1) is 0. The standard InChI is InChI=1S/3Ba.BrH.Fe.4S/h;;;1H;;;;;/q3*+2;;+3;4*-2/p-1. The Hall–Kier alpha value is 7.11. The molecular formula is Ba3BrFeS4. The summed E-state index contributed by atoms with van der Waals surface area (Å²) in [6.45, 7) is 0. The summed E-state index contributed by atoms with van der Waals surface area (Å²) in [7, 11) is 0. The zero-order chi connectivity index (χ0) is 0. The Morgan fingerprint density at radius 2 is 0.444 bits per heavy atom. The molecule has 1 radical (unpaired) electrons. The molecule has 9 heteroatoms. The summed E-state index contributed by atoms with van der Waals surface area (Å²) < 4.78 is 0. The van der Waals surface area contributed by atoms with Gasteiger partial charge in [0, 0.05) is 0 Å². The molecule has 0 unspecified atom stereocenters. The molecule has 9 heavy (non-hydrogen) atoms. The third-order valence-corrected chi connectivity index (χ3v) is 0. The minimum Gasteiger partial charge on any atom is -2.00 e. The third-order valence-electron chi connectivity index (χ3n) is 0. The molecule has 0 amide bonds. The van der Waals surface area contributed by atoms with E-state index in [2.05, 4.69) is 0 Å². The number of hydrogen-bond acceptors (Lipinski definition) is 0. The molecule has 0 nitrogen and oxygen atoms in total. The van der Waals surface area contributed by atoms with Gasteiger partial charge in [0.25, 0.3) is 0 Å². The molecule has 0 aliphatic heterocycles. The summed E-state index contributed by atoms with van der Waals surface area (Å²) in [6.07, 6.45) is 0. The summed E-state index contributed by atoms with van der Waals surface area (Å²) in [5.41, 5.74) is 0. The van der Waals surface area contributed by atoms with Crippen LogP contribution in [0.25, 0.3) is 0 Å². The van der Waals surface area contributed by atoms with Crippen LogP contribution in [0, 0.1) is 0 Å². The van der Waals surface area contributed by atoms with E-state index in [1.54, 1.807) is 0 Å². The van der Waals surface area contributed by atoms with Gasteiger partial charge in [0.2, 0.25) is 0 Å². The van der Waals surface area contributed by atoms with Crippen molar-refractivity contribution >= 4 is 201 Å². The maximum absolute atomic E-state index is 0. The average Bonchev–Trinajstić information content (AvgIpc) is 0. The summed E-state index contributed by atoms with van der Waals surface area (Å²) >= 11 is 0. The van der Waals surface area contributed by atoms with Gasteiger partial charge in [0.05, 0.1) is 0 Å². The van der Waals surface area contributed by atoms with Crippen LogP contribution in [-0.4, -0.2) is 147 Å². The van der Waals surface area contributed by atoms with E-state index in [-0.39, 0.29) is 235 Å². The molecule has 0 atom stereocenters. The molecule has 0 rings (SSSR count). The number of rotatable bonds is 0. The van der Waals surface area contributed by atoms with Crippen molar-refractivity contribution in [2.24, 2.45) is 0 Å². The van der Waals surface area contributed by atoms with Crippen molar-refractivity contribution in [2.45, 2.75) is 0 Å². The zero-order valence-electron chi connectivity index (χ0n) is 4.49. The fourth-order valence-corrected chi connectivity index (χ4v) is 0. The molecule has 0 aliphatic rings. The van der Waals surface area contributed by atoms with E-state index in [0.29, 0.717) is 0 Å². The zero-order valence-corrected chi connectivity index (χ0v) is 23.8. The molecule has 0 fully saturated rings. The van der Waals surface area contributed by atoms with Gasteiger partial charge in [0.1, 0.15) is 0 Å². The first kappa shape index (κ1) is 72.7. The van der Waals surface area contributed by atoms with E-state index in [1.165, 1.54) is 0 Å². The van der Waals surface area contributed by atoms with Crippen LogP contribution < -0.4 is 17.0 Å². The largest absolute Gasteiger partial charge is 3.00 e. The normalized spacial score (nSPS) is 0. The SMILES string of the molecule is [Ba+2].[Ba+2].[Ba+2].[Br-].[Fe+3].[S-2].[S-2].[S-2].[S-2]. The maximum Gasteiger partial charge on any atom is 3.00 e. The van der Waals surface area contributed by atoms with Crippen LogP contribution in [-0.2, 0) is 71.1 Å². The van der Waals surface area contributed by atoms with Crippen molar-refractivity contribution in [1.29, 1.82) is 0 Å². The molecule has 0 aliphatic carbocycles. The van der Waals surface area contributed by atoms with E-state index < -0.39 is 0 Å². The van der Waals surface area contributed by atoms with Crippen molar-refractivity contribution in [3.8, 4) is 0 Å².